The topological polar surface area (TPSA) is 43.3 Å². The Labute approximate surface area is 251 Å². The predicted octanol–water partition coefficient (Wildman–Crippen LogP) is 9.75. The van der Waals surface area contributed by atoms with Crippen molar-refractivity contribution in [1.29, 1.82) is 0 Å². The Kier molecular flexibility index (Phi) is 7.12. The molecule has 0 aliphatic heterocycles. The number of nitrogens with two attached hydrogens (primary N) is 1. The number of hydrogen-bond acceptors (Lipinski definition) is 2. The van der Waals surface area contributed by atoms with Gasteiger partial charge in [0, 0.05) is 16.5 Å². The van der Waals surface area contributed by atoms with Crippen LogP contribution in [0.2, 0.25) is 0 Å². The zero-order chi connectivity index (χ0) is 29.0. The molecule has 1 unspecified atom stereocenters. The average Bonchev–Trinajstić information content (AvgIpc) is 3.41. The van der Waals surface area contributed by atoms with E-state index in [1.165, 1.54) is 27.5 Å². The molecule has 206 valence electrons. The summed E-state index contributed by atoms with van der Waals surface area (Å²) >= 11 is 0. The quantitative estimate of drug-likeness (QED) is 0.155. The van der Waals surface area contributed by atoms with Gasteiger partial charge in [-0.2, -0.15) is 0 Å². The van der Waals surface area contributed by atoms with Crippen LogP contribution in [0.15, 0.2) is 169 Å². The van der Waals surface area contributed by atoms with Crippen LogP contribution >= 0.6 is 0 Å². The maximum Gasteiger partial charge on any atom is 0.0970 e. The zero-order valence-electron chi connectivity index (χ0n) is 23.7. The van der Waals surface area contributed by atoms with Crippen molar-refractivity contribution in [3.63, 3.8) is 0 Å². The summed E-state index contributed by atoms with van der Waals surface area (Å²) in [6.07, 6.45) is 4.00. The van der Waals surface area contributed by atoms with Gasteiger partial charge in [0.2, 0.25) is 0 Å². The fourth-order valence-electron chi connectivity index (χ4n) is 5.70. The lowest BCUT2D eigenvalue weighted by Gasteiger charge is -2.13. The zero-order valence-corrected chi connectivity index (χ0v) is 23.7. The smallest absolute Gasteiger partial charge is 0.0970 e. The minimum absolute atomic E-state index is 0.279. The van der Waals surface area contributed by atoms with Crippen molar-refractivity contribution in [2.45, 2.75) is 6.04 Å². The molecule has 1 aromatic heterocycles. The van der Waals surface area contributed by atoms with E-state index in [1.54, 1.807) is 0 Å². The standard InChI is InChI=1S/C40H31N3/c41-37(33-23-19-31(20-24-33)29-11-3-1-4-12-29)27-38(34-25-21-32(22-26-34)30-13-5-2-6-14-30)42-28-43-39-17-9-7-15-35(39)36-16-8-10-18-40(36)43/h1-28,38H,41H2/b37-27-,42-28+. The largest absolute Gasteiger partial charge is 0.398 e. The van der Waals surface area contributed by atoms with E-state index in [0.717, 1.165) is 27.7 Å². The molecule has 43 heavy (non-hydrogen) atoms. The third-order valence-electron chi connectivity index (χ3n) is 7.98. The maximum absolute atomic E-state index is 6.75. The third-order valence-corrected chi connectivity index (χ3v) is 7.98. The summed E-state index contributed by atoms with van der Waals surface area (Å²) in [4.78, 5) is 5.15. The first-order valence-electron chi connectivity index (χ1n) is 14.5. The highest BCUT2D eigenvalue weighted by Gasteiger charge is 2.12. The second-order valence-corrected chi connectivity index (χ2v) is 10.7. The highest BCUT2D eigenvalue weighted by molar-refractivity contribution is 6.11. The van der Waals surface area contributed by atoms with Gasteiger partial charge in [-0.1, -0.05) is 146 Å². The van der Waals surface area contributed by atoms with Crippen LogP contribution in [0, 0.1) is 0 Å². The highest BCUT2D eigenvalue weighted by atomic mass is 15.0. The predicted molar refractivity (Wildman–Crippen MR) is 182 cm³/mol. The van der Waals surface area contributed by atoms with Crippen molar-refractivity contribution in [3.05, 3.63) is 175 Å². The highest BCUT2D eigenvalue weighted by Crippen LogP contribution is 2.30. The fraction of sp³-hybridized carbons (Fsp3) is 0.0250. The summed E-state index contributed by atoms with van der Waals surface area (Å²) in [6.45, 7) is 0. The molecule has 0 saturated heterocycles. The molecule has 0 radical (unpaired) electrons. The Morgan fingerprint density at radius 2 is 0.953 bits per heavy atom. The van der Waals surface area contributed by atoms with Crippen LogP contribution in [0.5, 0.6) is 0 Å². The van der Waals surface area contributed by atoms with Crippen molar-refractivity contribution in [1.82, 2.24) is 4.57 Å². The normalized spacial score (nSPS) is 12.7. The van der Waals surface area contributed by atoms with E-state index >= 15 is 0 Å². The van der Waals surface area contributed by atoms with Gasteiger partial charge in [-0.25, -0.2) is 0 Å². The molecular weight excluding hydrogens is 522 g/mol. The molecule has 3 nitrogen and oxygen atoms in total. The van der Waals surface area contributed by atoms with E-state index in [-0.39, 0.29) is 6.04 Å². The summed E-state index contributed by atoms with van der Waals surface area (Å²) in [5, 5.41) is 2.42. The fourth-order valence-corrected chi connectivity index (χ4v) is 5.70. The molecule has 0 spiro atoms. The first kappa shape index (κ1) is 26.2. The van der Waals surface area contributed by atoms with Gasteiger partial charge >= 0.3 is 0 Å². The Morgan fingerprint density at radius 3 is 1.49 bits per heavy atom. The van der Waals surface area contributed by atoms with E-state index in [4.69, 9.17) is 10.7 Å². The minimum Gasteiger partial charge on any atom is -0.398 e. The molecule has 1 heterocycles. The number of para-hydroxylation sites is 2. The average molecular weight is 554 g/mol. The Hall–Kier alpha value is -5.67. The molecule has 3 heteroatoms. The van der Waals surface area contributed by atoms with E-state index < -0.39 is 0 Å². The first-order valence-corrected chi connectivity index (χ1v) is 14.5. The summed E-state index contributed by atoms with van der Waals surface area (Å²) in [5.74, 6) is 0. The summed E-state index contributed by atoms with van der Waals surface area (Å²) in [5.41, 5.74) is 16.4. The molecule has 7 aromatic rings. The van der Waals surface area contributed by atoms with Gasteiger partial charge in [0.25, 0.3) is 0 Å². The van der Waals surface area contributed by atoms with Crippen LogP contribution in [0.25, 0.3) is 49.8 Å². The molecule has 0 amide bonds. The lowest BCUT2D eigenvalue weighted by molar-refractivity contribution is 0.910. The van der Waals surface area contributed by atoms with Gasteiger partial charge in [-0.05, 0) is 51.6 Å². The summed E-state index contributed by atoms with van der Waals surface area (Å²) in [7, 11) is 0. The molecule has 1 atom stereocenters. The van der Waals surface area contributed by atoms with Gasteiger partial charge in [0.15, 0.2) is 0 Å². The summed E-state index contributed by atoms with van der Waals surface area (Å²) < 4.78 is 2.18. The first-order chi connectivity index (χ1) is 21.2. The third kappa shape index (κ3) is 5.37. The Bertz CT molecular complexity index is 2000. The van der Waals surface area contributed by atoms with Crippen molar-refractivity contribution >= 4 is 33.8 Å². The number of fused-ring (bicyclic) bond motifs is 3. The molecule has 7 rings (SSSR count). The monoisotopic (exact) mass is 553 g/mol. The molecule has 0 bridgehead atoms. The van der Waals surface area contributed by atoms with Crippen LogP contribution in [0.4, 0.5) is 0 Å². The molecule has 0 saturated carbocycles. The molecule has 2 N–H and O–H groups in total. The van der Waals surface area contributed by atoms with Gasteiger partial charge in [-0.3, -0.25) is 4.99 Å². The van der Waals surface area contributed by atoms with E-state index in [1.807, 2.05) is 18.5 Å². The van der Waals surface area contributed by atoms with Crippen LogP contribution in [-0.4, -0.2) is 10.9 Å². The van der Waals surface area contributed by atoms with Gasteiger partial charge in [0.1, 0.15) is 0 Å². The Morgan fingerprint density at radius 1 is 0.512 bits per heavy atom. The molecule has 0 aliphatic rings. The van der Waals surface area contributed by atoms with E-state index in [0.29, 0.717) is 5.70 Å². The van der Waals surface area contributed by atoms with Gasteiger partial charge in [0.05, 0.1) is 23.4 Å². The second-order valence-electron chi connectivity index (χ2n) is 10.7. The lowest BCUT2D eigenvalue weighted by Crippen LogP contribution is -2.03. The second kappa shape index (κ2) is 11.7. The van der Waals surface area contributed by atoms with Crippen molar-refractivity contribution in [3.8, 4) is 22.3 Å². The molecule has 6 aromatic carbocycles. The number of benzene rings is 6. The number of nitrogens with zero attached hydrogens (tertiary/aromatic N) is 2. The molecular formula is C40H31N3. The summed E-state index contributed by atoms with van der Waals surface area (Å²) in [6, 6.07) is 54.5. The van der Waals surface area contributed by atoms with Crippen molar-refractivity contribution in [2.75, 3.05) is 0 Å². The minimum atomic E-state index is -0.279. The number of hydrogen-bond donors (Lipinski definition) is 1. The van der Waals surface area contributed by atoms with Crippen molar-refractivity contribution in [2.24, 2.45) is 10.7 Å². The van der Waals surface area contributed by atoms with Gasteiger partial charge < -0.3 is 10.3 Å². The van der Waals surface area contributed by atoms with Crippen LogP contribution < -0.4 is 5.73 Å². The number of rotatable bonds is 7. The van der Waals surface area contributed by atoms with Crippen LogP contribution in [-0.2, 0) is 0 Å². The van der Waals surface area contributed by atoms with E-state index in [2.05, 4.69) is 156 Å². The van der Waals surface area contributed by atoms with Crippen LogP contribution in [0.1, 0.15) is 17.2 Å². The van der Waals surface area contributed by atoms with E-state index in [9.17, 15) is 0 Å². The van der Waals surface area contributed by atoms with Crippen molar-refractivity contribution < 1.29 is 0 Å². The Balaban J connectivity index is 1.28. The number of aromatic nitrogens is 1. The maximum atomic E-state index is 6.75. The molecule has 0 fully saturated rings. The van der Waals surface area contributed by atoms with Gasteiger partial charge in [-0.15, -0.1) is 0 Å². The SMILES string of the molecule is N/C(=C\C(/N=C/n1c2ccccc2c2ccccc21)c1ccc(-c2ccccc2)cc1)c1ccc(-c2ccccc2)cc1. The lowest BCUT2D eigenvalue weighted by atomic mass is 9.99. The molecule has 0 aliphatic carbocycles. The number of aliphatic imine (C=N–C) groups is 1. The van der Waals surface area contributed by atoms with Crippen LogP contribution in [0.3, 0.4) is 0 Å².